The smallest absolute Gasteiger partial charge is 0.286 e. The van der Waals surface area contributed by atoms with Gasteiger partial charge in [-0.3, -0.25) is 24.2 Å². The van der Waals surface area contributed by atoms with Crippen LogP contribution in [0.2, 0.25) is 0 Å². The van der Waals surface area contributed by atoms with Gasteiger partial charge in [-0.25, -0.2) is 0 Å². The number of amides is 3. The predicted octanol–water partition coefficient (Wildman–Crippen LogP) is 3.37. The third-order valence-corrected chi connectivity index (χ3v) is 5.82. The van der Waals surface area contributed by atoms with E-state index < -0.39 is 59.8 Å². The van der Waals surface area contributed by atoms with E-state index in [1.54, 1.807) is 12.2 Å². The van der Waals surface area contributed by atoms with Gasteiger partial charge in [-0.05, 0) is 36.5 Å². The summed E-state index contributed by atoms with van der Waals surface area (Å²) >= 11 is 0. The number of halogens is 6. The molecule has 5 nitrogen and oxygen atoms in total. The molecule has 2 bridgehead atoms. The summed E-state index contributed by atoms with van der Waals surface area (Å²) in [6, 6.07) is 2.75. The number of likely N-dealkylation sites (tertiary alicyclic amines) is 1. The summed E-state index contributed by atoms with van der Waals surface area (Å²) in [5, 5.41) is 0. The van der Waals surface area contributed by atoms with Gasteiger partial charge in [0.2, 0.25) is 11.8 Å². The third kappa shape index (κ3) is 3.16. The molecule has 160 valence electrons. The van der Waals surface area contributed by atoms with Crippen molar-refractivity contribution in [2.45, 2.75) is 18.8 Å². The first kappa shape index (κ1) is 20.4. The van der Waals surface area contributed by atoms with Crippen LogP contribution in [0.3, 0.4) is 0 Å². The molecule has 3 aliphatic rings. The van der Waals surface area contributed by atoms with Gasteiger partial charge in [0, 0.05) is 5.69 Å². The zero-order valence-electron chi connectivity index (χ0n) is 15.1. The number of imide groups is 1. The Hall–Kier alpha value is -2.85. The van der Waals surface area contributed by atoms with E-state index in [2.05, 4.69) is 0 Å². The molecule has 1 aromatic rings. The number of benzene rings is 1. The summed E-state index contributed by atoms with van der Waals surface area (Å²) in [7, 11) is 0. The minimum atomic E-state index is -5.42. The number of carbonyl (C=O) groups is 3. The molecule has 0 unspecified atom stereocenters. The molecule has 1 aliphatic heterocycles. The second-order valence-electron chi connectivity index (χ2n) is 7.52. The molecular weight excluding hydrogens is 418 g/mol. The zero-order valence-corrected chi connectivity index (χ0v) is 15.1. The Labute approximate surface area is 165 Å². The molecule has 0 radical (unpaired) electrons. The lowest BCUT2D eigenvalue weighted by Crippen LogP contribution is -2.49. The van der Waals surface area contributed by atoms with Crippen LogP contribution in [-0.2, 0) is 20.6 Å². The molecule has 4 atom stereocenters. The van der Waals surface area contributed by atoms with E-state index in [0.29, 0.717) is 23.5 Å². The summed E-state index contributed by atoms with van der Waals surface area (Å²) in [5.74, 6) is -5.74. The van der Waals surface area contributed by atoms with Crippen LogP contribution in [0.5, 0.6) is 0 Å². The lowest BCUT2D eigenvalue weighted by molar-refractivity contribution is -0.171. The van der Waals surface area contributed by atoms with E-state index in [9.17, 15) is 40.7 Å². The Balaban J connectivity index is 1.68. The molecule has 0 spiro atoms. The van der Waals surface area contributed by atoms with E-state index in [4.69, 9.17) is 0 Å². The number of fused-ring (bicyclic) bond motifs is 5. The number of anilines is 1. The SMILES string of the molecule is O=C1[C@@H]2[C@H](C(=O)N1CN(C(=O)C(F)(F)F)c1cccc(C(F)(F)F)c1)[C@H]1C=C[C@H]2C1. The molecular formula is C19H14F6N2O3. The van der Waals surface area contributed by atoms with E-state index in [-0.39, 0.29) is 16.7 Å². The van der Waals surface area contributed by atoms with Gasteiger partial charge in [-0.15, -0.1) is 0 Å². The Kier molecular flexibility index (Phi) is 4.48. The van der Waals surface area contributed by atoms with Crippen LogP contribution in [0.25, 0.3) is 0 Å². The number of nitrogens with zero attached hydrogens (tertiary/aromatic N) is 2. The standard InChI is InChI=1S/C19H14F6N2O3/c20-18(21,22)11-2-1-3-12(7-11)26(17(30)19(23,24)25)8-27-15(28)13-9-4-5-10(6-9)14(13)16(27)29/h1-5,7,9-10,13-14H,6,8H2/t9-,10-,13-,14+/m0/s1. The van der Waals surface area contributed by atoms with Gasteiger partial charge in [-0.2, -0.15) is 26.3 Å². The van der Waals surface area contributed by atoms with Gasteiger partial charge in [0.05, 0.1) is 17.4 Å². The fraction of sp³-hybridized carbons (Fsp3) is 0.421. The van der Waals surface area contributed by atoms with Gasteiger partial charge < -0.3 is 0 Å². The Morgan fingerprint density at radius 2 is 1.57 bits per heavy atom. The second kappa shape index (κ2) is 6.58. The van der Waals surface area contributed by atoms with E-state index in [1.807, 2.05) is 0 Å². The van der Waals surface area contributed by atoms with Crippen molar-refractivity contribution in [3.05, 3.63) is 42.0 Å². The number of allylic oxidation sites excluding steroid dienone is 2. The highest BCUT2D eigenvalue weighted by atomic mass is 19.4. The summed E-state index contributed by atoms with van der Waals surface area (Å²) in [6.45, 7) is -1.11. The van der Waals surface area contributed by atoms with Crippen molar-refractivity contribution in [2.24, 2.45) is 23.7 Å². The highest BCUT2D eigenvalue weighted by Gasteiger charge is 2.60. The van der Waals surface area contributed by atoms with Crippen LogP contribution >= 0.6 is 0 Å². The second-order valence-corrected chi connectivity index (χ2v) is 7.52. The maximum Gasteiger partial charge on any atom is 0.471 e. The van der Waals surface area contributed by atoms with Gasteiger partial charge in [-0.1, -0.05) is 18.2 Å². The molecule has 0 N–H and O–H groups in total. The van der Waals surface area contributed by atoms with Crippen molar-refractivity contribution in [3.8, 4) is 0 Å². The lowest BCUT2D eigenvalue weighted by atomic mass is 9.85. The van der Waals surface area contributed by atoms with Crippen LogP contribution < -0.4 is 4.90 Å². The number of alkyl halides is 6. The maximum absolute atomic E-state index is 13.1. The third-order valence-electron chi connectivity index (χ3n) is 5.82. The fourth-order valence-corrected chi connectivity index (χ4v) is 4.51. The summed E-state index contributed by atoms with van der Waals surface area (Å²) in [5.41, 5.74) is -1.98. The van der Waals surface area contributed by atoms with Crippen molar-refractivity contribution in [3.63, 3.8) is 0 Å². The molecule has 3 amide bonds. The Morgan fingerprint density at radius 1 is 1.00 bits per heavy atom. The molecule has 1 heterocycles. The molecule has 1 saturated carbocycles. The Bertz CT molecular complexity index is 924. The normalized spacial score (nSPS) is 27.7. The summed E-state index contributed by atoms with van der Waals surface area (Å²) in [6.07, 6.45) is -6.11. The molecule has 4 rings (SSSR count). The number of hydrogen-bond donors (Lipinski definition) is 0. The van der Waals surface area contributed by atoms with Crippen LogP contribution in [0.1, 0.15) is 12.0 Å². The van der Waals surface area contributed by atoms with Gasteiger partial charge in [0.15, 0.2) is 0 Å². The van der Waals surface area contributed by atoms with Gasteiger partial charge in [0.1, 0.15) is 6.67 Å². The number of carbonyl (C=O) groups excluding carboxylic acids is 3. The van der Waals surface area contributed by atoms with Crippen molar-refractivity contribution in [1.82, 2.24) is 4.90 Å². The maximum atomic E-state index is 13.1. The zero-order chi connectivity index (χ0) is 22.0. The summed E-state index contributed by atoms with van der Waals surface area (Å²) < 4.78 is 78.4. The van der Waals surface area contributed by atoms with E-state index >= 15 is 0 Å². The lowest BCUT2D eigenvalue weighted by Gasteiger charge is -2.29. The number of rotatable bonds is 3. The van der Waals surface area contributed by atoms with Crippen LogP contribution in [-0.4, -0.2) is 35.5 Å². The average Bonchev–Trinajstić information content (AvgIpc) is 3.33. The van der Waals surface area contributed by atoms with Gasteiger partial charge >= 0.3 is 18.3 Å². The van der Waals surface area contributed by atoms with E-state index in [1.165, 1.54) is 0 Å². The van der Waals surface area contributed by atoms with Crippen molar-refractivity contribution in [2.75, 3.05) is 11.6 Å². The molecule has 0 aromatic heterocycles. The highest BCUT2D eigenvalue weighted by molar-refractivity contribution is 6.07. The fourth-order valence-electron chi connectivity index (χ4n) is 4.51. The predicted molar refractivity (Wildman–Crippen MR) is 89.4 cm³/mol. The quantitative estimate of drug-likeness (QED) is 0.418. The summed E-state index contributed by atoms with van der Waals surface area (Å²) in [4.78, 5) is 38.0. The molecule has 1 saturated heterocycles. The first-order valence-electron chi connectivity index (χ1n) is 8.99. The largest absolute Gasteiger partial charge is 0.471 e. The van der Waals surface area contributed by atoms with Crippen molar-refractivity contribution in [1.29, 1.82) is 0 Å². The van der Waals surface area contributed by atoms with Crippen LogP contribution in [0, 0.1) is 23.7 Å². The first-order valence-corrected chi connectivity index (χ1v) is 8.99. The average molecular weight is 432 g/mol. The minimum absolute atomic E-state index is 0.0125. The molecule has 30 heavy (non-hydrogen) atoms. The van der Waals surface area contributed by atoms with Gasteiger partial charge in [0.25, 0.3) is 0 Å². The first-order chi connectivity index (χ1) is 13.9. The topological polar surface area (TPSA) is 57.7 Å². The van der Waals surface area contributed by atoms with E-state index in [0.717, 1.165) is 12.1 Å². The highest BCUT2D eigenvalue weighted by Crippen LogP contribution is 2.52. The molecule has 2 aliphatic carbocycles. The molecule has 2 fully saturated rings. The van der Waals surface area contributed by atoms with Crippen molar-refractivity contribution < 1.29 is 40.7 Å². The Morgan fingerprint density at radius 3 is 2.07 bits per heavy atom. The van der Waals surface area contributed by atoms with Crippen LogP contribution in [0.4, 0.5) is 32.0 Å². The van der Waals surface area contributed by atoms with Crippen LogP contribution in [0.15, 0.2) is 36.4 Å². The molecule has 11 heteroatoms. The monoisotopic (exact) mass is 432 g/mol. The minimum Gasteiger partial charge on any atom is -0.286 e. The molecule has 1 aromatic carbocycles. The van der Waals surface area contributed by atoms with Crippen molar-refractivity contribution >= 4 is 23.4 Å². The number of hydrogen-bond acceptors (Lipinski definition) is 3.